The Bertz CT molecular complexity index is 1430. The number of nitrogens with zero attached hydrogens (tertiary/aromatic N) is 1. The number of carbonyl (C=O) groups excluding carboxylic acids is 2. The molecule has 6 heteroatoms. The molecule has 1 unspecified atom stereocenters. The Balaban J connectivity index is 1.53. The number of aryl methyl sites for hydroxylation is 2. The molecule has 0 spiro atoms. The molecule has 1 heterocycles. The fraction of sp³-hybridized carbons (Fsp3) is 0.233. The number of anilines is 1. The quantitative estimate of drug-likeness (QED) is 0.344. The molecule has 0 radical (unpaired) electrons. The molecule has 0 fully saturated rings. The van der Waals surface area contributed by atoms with Gasteiger partial charge in [-0.3, -0.25) is 9.78 Å². The molecule has 1 amide bonds. The van der Waals surface area contributed by atoms with Crippen LogP contribution in [0.4, 0.5) is 5.69 Å². The number of esters is 1. The molecular formula is C30H28N2O4. The summed E-state index contributed by atoms with van der Waals surface area (Å²) in [5.74, 6) is -0.445. The van der Waals surface area contributed by atoms with Crippen molar-refractivity contribution < 1.29 is 19.1 Å². The Labute approximate surface area is 210 Å². The van der Waals surface area contributed by atoms with Crippen molar-refractivity contribution >= 4 is 28.5 Å². The molecule has 3 aromatic carbocycles. The molecule has 1 aromatic heterocycles. The van der Waals surface area contributed by atoms with Gasteiger partial charge in [-0.05, 0) is 61.9 Å². The fourth-order valence-corrected chi connectivity index (χ4v) is 4.79. The first kappa shape index (κ1) is 23.5. The monoisotopic (exact) mass is 480 g/mol. The number of hydrogen-bond donors (Lipinski definition) is 1. The van der Waals surface area contributed by atoms with Gasteiger partial charge in [0.1, 0.15) is 5.75 Å². The van der Waals surface area contributed by atoms with Crippen LogP contribution in [0.15, 0.2) is 72.8 Å². The number of amides is 1. The van der Waals surface area contributed by atoms with E-state index in [-0.39, 0.29) is 0 Å². The first-order valence-electron chi connectivity index (χ1n) is 12.2. The summed E-state index contributed by atoms with van der Waals surface area (Å²) in [6.07, 6.45) is 2.48. The van der Waals surface area contributed by atoms with Crippen LogP contribution in [0.5, 0.6) is 5.75 Å². The number of nitrogens with one attached hydrogen (secondary N) is 1. The van der Waals surface area contributed by atoms with E-state index in [1.54, 1.807) is 25.3 Å². The van der Waals surface area contributed by atoms with Crippen molar-refractivity contribution in [2.24, 2.45) is 0 Å². The number of pyridine rings is 1. The Morgan fingerprint density at radius 1 is 0.944 bits per heavy atom. The summed E-state index contributed by atoms with van der Waals surface area (Å²) in [6, 6.07) is 22.2. The number of fused-ring (bicyclic) bond motifs is 2. The third-order valence-electron chi connectivity index (χ3n) is 6.55. The van der Waals surface area contributed by atoms with Gasteiger partial charge in [0.2, 0.25) is 6.10 Å². The summed E-state index contributed by atoms with van der Waals surface area (Å²) in [4.78, 5) is 32.2. The van der Waals surface area contributed by atoms with Gasteiger partial charge in [0.15, 0.2) is 0 Å². The first-order valence-corrected chi connectivity index (χ1v) is 12.2. The average Bonchev–Trinajstić information content (AvgIpc) is 2.90. The molecule has 0 aliphatic heterocycles. The molecule has 0 saturated carbocycles. The van der Waals surface area contributed by atoms with Crippen molar-refractivity contribution in [1.82, 2.24) is 4.98 Å². The lowest BCUT2D eigenvalue weighted by atomic mass is 9.90. The zero-order chi connectivity index (χ0) is 25.1. The summed E-state index contributed by atoms with van der Waals surface area (Å²) in [5.41, 5.74) is 5.21. The number of aromatic nitrogens is 1. The van der Waals surface area contributed by atoms with Crippen molar-refractivity contribution in [1.29, 1.82) is 0 Å². The lowest BCUT2D eigenvalue weighted by Crippen LogP contribution is -2.27. The van der Waals surface area contributed by atoms with E-state index >= 15 is 0 Å². The summed E-state index contributed by atoms with van der Waals surface area (Å²) in [5, 5.41) is 3.65. The molecule has 182 valence electrons. The summed E-state index contributed by atoms with van der Waals surface area (Å²) in [6.45, 7) is 1.93. The molecule has 1 aliphatic rings. The maximum absolute atomic E-state index is 13.8. The third-order valence-corrected chi connectivity index (χ3v) is 6.55. The summed E-state index contributed by atoms with van der Waals surface area (Å²) < 4.78 is 11.4. The number of para-hydroxylation sites is 1. The van der Waals surface area contributed by atoms with Crippen LogP contribution in [0.2, 0.25) is 0 Å². The van der Waals surface area contributed by atoms with Gasteiger partial charge in [0, 0.05) is 16.6 Å². The van der Waals surface area contributed by atoms with Crippen LogP contribution in [-0.4, -0.2) is 24.0 Å². The molecule has 1 atom stereocenters. The van der Waals surface area contributed by atoms with Gasteiger partial charge in [-0.2, -0.15) is 0 Å². The van der Waals surface area contributed by atoms with Crippen LogP contribution >= 0.6 is 0 Å². The molecule has 5 rings (SSSR count). The molecule has 1 aliphatic carbocycles. The molecule has 4 aromatic rings. The molecule has 6 nitrogen and oxygen atoms in total. The average molecular weight is 481 g/mol. The normalized spacial score (nSPS) is 13.5. The SMILES string of the molecule is COc1ccc(C)cc1NC(=O)C(OC(=O)c1c2c(nc3ccccc13)CCCC2)c1ccccc1. The van der Waals surface area contributed by atoms with E-state index in [4.69, 9.17) is 14.5 Å². The minimum Gasteiger partial charge on any atom is -0.495 e. The smallest absolute Gasteiger partial charge is 0.340 e. The third kappa shape index (κ3) is 4.67. The van der Waals surface area contributed by atoms with Gasteiger partial charge >= 0.3 is 5.97 Å². The number of carbonyl (C=O) groups is 2. The Morgan fingerprint density at radius 3 is 2.50 bits per heavy atom. The van der Waals surface area contributed by atoms with Crippen molar-refractivity contribution in [3.8, 4) is 5.75 Å². The van der Waals surface area contributed by atoms with Crippen molar-refractivity contribution in [2.45, 2.75) is 38.7 Å². The summed E-state index contributed by atoms with van der Waals surface area (Å²) >= 11 is 0. The number of benzene rings is 3. The molecule has 1 N–H and O–H groups in total. The predicted octanol–water partition coefficient (Wildman–Crippen LogP) is 5.97. The first-order chi connectivity index (χ1) is 17.5. The maximum Gasteiger partial charge on any atom is 0.340 e. The van der Waals surface area contributed by atoms with E-state index in [0.717, 1.165) is 53.4 Å². The van der Waals surface area contributed by atoms with Crippen molar-refractivity contribution in [3.63, 3.8) is 0 Å². The van der Waals surface area contributed by atoms with Crippen LogP contribution in [0.25, 0.3) is 10.9 Å². The standard InChI is InChI=1S/C30H28N2O4/c1-19-16-17-26(35-2)25(18-19)32-29(33)28(20-10-4-3-5-11-20)36-30(34)27-21-12-6-8-14-23(21)31-24-15-9-7-13-22(24)27/h3-6,8,10-12,14,16-18,28H,7,9,13,15H2,1-2H3,(H,32,33). The van der Waals surface area contributed by atoms with Crippen LogP contribution in [0, 0.1) is 6.92 Å². The lowest BCUT2D eigenvalue weighted by molar-refractivity contribution is -0.125. The van der Waals surface area contributed by atoms with Gasteiger partial charge in [-0.15, -0.1) is 0 Å². The molecular weight excluding hydrogens is 452 g/mol. The number of ether oxygens (including phenoxy) is 2. The highest BCUT2D eigenvalue weighted by atomic mass is 16.5. The fourth-order valence-electron chi connectivity index (χ4n) is 4.79. The van der Waals surface area contributed by atoms with Crippen molar-refractivity contribution in [3.05, 3.63) is 101 Å². The highest BCUT2D eigenvalue weighted by Gasteiger charge is 2.30. The Hall–Kier alpha value is -4.19. The lowest BCUT2D eigenvalue weighted by Gasteiger charge is -2.23. The van der Waals surface area contributed by atoms with Gasteiger partial charge in [-0.1, -0.05) is 54.6 Å². The Morgan fingerprint density at radius 2 is 1.69 bits per heavy atom. The minimum atomic E-state index is -1.14. The summed E-state index contributed by atoms with van der Waals surface area (Å²) in [7, 11) is 1.55. The molecule has 0 bridgehead atoms. The van der Waals surface area contributed by atoms with Crippen LogP contribution in [0.1, 0.15) is 51.7 Å². The highest BCUT2D eigenvalue weighted by molar-refractivity contribution is 6.06. The highest BCUT2D eigenvalue weighted by Crippen LogP contribution is 2.32. The van der Waals surface area contributed by atoms with E-state index in [1.165, 1.54) is 0 Å². The van der Waals surface area contributed by atoms with E-state index in [0.29, 0.717) is 22.6 Å². The second-order valence-electron chi connectivity index (χ2n) is 9.03. The largest absolute Gasteiger partial charge is 0.495 e. The van der Waals surface area contributed by atoms with Crippen LogP contribution in [0.3, 0.4) is 0 Å². The van der Waals surface area contributed by atoms with Crippen molar-refractivity contribution in [2.75, 3.05) is 12.4 Å². The second-order valence-corrected chi connectivity index (χ2v) is 9.03. The van der Waals surface area contributed by atoms with E-state index in [1.807, 2.05) is 61.5 Å². The van der Waals surface area contributed by atoms with Gasteiger partial charge < -0.3 is 14.8 Å². The van der Waals surface area contributed by atoms with Gasteiger partial charge in [-0.25, -0.2) is 4.79 Å². The van der Waals surface area contributed by atoms with Crippen LogP contribution in [-0.2, 0) is 22.4 Å². The van der Waals surface area contributed by atoms with E-state index in [2.05, 4.69) is 5.32 Å². The Kier molecular flexibility index (Phi) is 6.67. The molecule has 36 heavy (non-hydrogen) atoms. The van der Waals surface area contributed by atoms with E-state index in [9.17, 15) is 9.59 Å². The van der Waals surface area contributed by atoms with Gasteiger partial charge in [0.05, 0.1) is 23.9 Å². The number of hydrogen-bond acceptors (Lipinski definition) is 5. The zero-order valence-corrected chi connectivity index (χ0v) is 20.4. The molecule has 0 saturated heterocycles. The second kappa shape index (κ2) is 10.2. The van der Waals surface area contributed by atoms with Gasteiger partial charge in [0.25, 0.3) is 5.91 Å². The number of methoxy groups -OCH3 is 1. The predicted molar refractivity (Wildman–Crippen MR) is 139 cm³/mol. The minimum absolute atomic E-state index is 0.453. The van der Waals surface area contributed by atoms with Crippen LogP contribution < -0.4 is 10.1 Å². The topological polar surface area (TPSA) is 77.5 Å². The number of rotatable bonds is 6. The van der Waals surface area contributed by atoms with E-state index < -0.39 is 18.0 Å². The zero-order valence-electron chi connectivity index (χ0n) is 20.4. The maximum atomic E-state index is 13.8.